The summed E-state index contributed by atoms with van der Waals surface area (Å²) in [4.78, 5) is 2.46. The summed E-state index contributed by atoms with van der Waals surface area (Å²) in [6.45, 7) is 0. The van der Waals surface area contributed by atoms with Gasteiger partial charge in [0, 0.05) is 20.9 Å². The summed E-state index contributed by atoms with van der Waals surface area (Å²) in [7, 11) is 3.43. The molecule has 0 amide bonds. The molecule has 1 aromatic carbocycles. The van der Waals surface area contributed by atoms with Crippen molar-refractivity contribution in [3.05, 3.63) is 94.6 Å². The first-order valence-electron chi connectivity index (χ1n) is 9.90. The molecule has 34 heavy (non-hydrogen) atoms. The largest absolute Gasteiger partial charge is 0.496 e. The number of ether oxygens (including phenoxy) is 2. The van der Waals surface area contributed by atoms with Crippen molar-refractivity contribution in [1.29, 1.82) is 0 Å². The van der Waals surface area contributed by atoms with Crippen molar-refractivity contribution < 1.29 is 9.47 Å². The Kier molecular flexibility index (Phi) is 9.03. The highest BCUT2D eigenvalue weighted by molar-refractivity contribution is 8.34. The maximum absolute atomic E-state index is 5.72. The summed E-state index contributed by atoms with van der Waals surface area (Å²) in [6.07, 6.45) is 8.50. The summed E-state index contributed by atoms with van der Waals surface area (Å²) >= 11 is 14.4. The maximum Gasteiger partial charge on any atom is 0.126 e. The van der Waals surface area contributed by atoms with Gasteiger partial charge in [-0.3, -0.25) is 0 Å². The molecule has 0 N–H and O–H groups in total. The van der Waals surface area contributed by atoms with E-state index >= 15 is 0 Å². The minimum absolute atomic E-state index is 0.827. The number of thioether (sulfide) groups is 8. The molecule has 4 aliphatic heterocycles. The van der Waals surface area contributed by atoms with E-state index in [0.717, 1.165) is 22.6 Å². The van der Waals surface area contributed by atoms with Crippen molar-refractivity contribution in [2.75, 3.05) is 14.2 Å². The second-order valence-electron chi connectivity index (χ2n) is 6.65. The van der Waals surface area contributed by atoms with Crippen LogP contribution in [0.25, 0.3) is 12.2 Å². The molecule has 0 aromatic heterocycles. The quantitative estimate of drug-likeness (QED) is 0.315. The van der Waals surface area contributed by atoms with Gasteiger partial charge in [-0.25, -0.2) is 0 Å². The smallest absolute Gasteiger partial charge is 0.126 e. The van der Waals surface area contributed by atoms with Crippen molar-refractivity contribution in [2.24, 2.45) is 0 Å². The van der Waals surface area contributed by atoms with Gasteiger partial charge in [-0.15, -0.1) is 0 Å². The van der Waals surface area contributed by atoms with Crippen LogP contribution in [0.3, 0.4) is 0 Å². The van der Waals surface area contributed by atoms with Crippen LogP contribution in [0.5, 0.6) is 11.5 Å². The molecule has 0 aliphatic carbocycles. The Morgan fingerprint density at radius 1 is 0.529 bits per heavy atom. The summed E-state index contributed by atoms with van der Waals surface area (Å²) in [6, 6.07) is 4.09. The van der Waals surface area contributed by atoms with Gasteiger partial charge in [-0.1, -0.05) is 94.1 Å². The molecule has 0 fully saturated rings. The fourth-order valence-electron chi connectivity index (χ4n) is 3.02. The highest BCUT2D eigenvalue weighted by Crippen LogP contribution is 2.54. The predicted octanol–water partition coefficient (Wildman–Crippen LogP) is 10.5. The van der Waals surface area contributed by atoms with Crippen molar-refractivity contribution >= 4 is 106 Å². The number of hydrogen-bond acceptors (Lipinski definition) is 10. The molecule has 5 rings (SSSR count). The summed E-state index contributed by atoms with van der Waals surface area (Å²) in [5.41, 5.74) is 1.99. The molecule has 0 saturated carbocycles. The van der Waals surface area contributed by atoms with E-state index in [-0.39, 0.29) is 0 Å². The average molecular weight is 595 g/mol. The lowest BCUT2D eigenvalue weighted by Gasteiger charge is -2.11. The van der Waals surface area contributed by atoms with E-state index in [1.54, 1.807) is 84.8 Å². The molecule has 1 aromatic rings. The third-order valence-electron chi connectivity index (χ3n) is 4.57. The maximum atomic E-state index is 5.72. The molecule has 10 heteroatoms. The van der Waals surface area contributed by atoms with Gasteiger partial charge in [0.1, 0.15) is 11.5 Å². The van der Waals surface area contributed by atoms with E-state index in [2.05, 4.69) is 56.8 Å². The Morgan fingerprint density at radius 3 is 1.32 bits per heavy atom. The zero-order valence-electron chi connectivity index (χ0n) is 18.0. The number of allylic oxidation sites excluding steroid dienone is 2. The van der Waals surface area contributed by atoms with Gasteiger partial charge in [0.15, 0.2) is 0 Å². The average Bonchev–Trinajstić information content (AvgIpc) is 3.68. The topological polar surface area (TPSA) is 18.5 Å². The third kappa shape index (κ3) is 6.08. The number of hydrogen-bond donors (Lipinski definition) is 0. The zero-order valence-corrected chi connectivity index (χ0v) is 24.5. The number of rotatable bonds is 6. The fraction of sp³-hybridized carbons (Fsp3) is 0.0833. The molecule has 0 spiro atoms. The van der Waals surface area contributed by atoms with Crippen LogP contribution >= 0.6 is 94.1 Å². The molecule has 174 valence electrons. The second kappa shape index (κ2) is 12.2. The van der Waals surface area contributed by atoms with Crippen molar-refractivity contribution in [1.82, 2.24) is 0 Å². The van der Waals surface area contributed by atoms with E-state index < -0.39 is 0 Å². The molecular formula is C24H18O2S8. The lowest BCUT2D eigenvalue weighted by molar-refractivity contribution is 0.401. The van der Waals surface area contributed by atoms with E-state index in [0.29, 0.717) is 0 Å². The Balaban J connectivity index is 1.30. The Bertz CT molecular complexity index is 1120. The van der Waals surface area contributed by atoms with E-state index in [9.17, 15) is 0 Å². The van der Waals surface area contributed by atoms with E-state index in [1.807, 2.05) is 35.7 Å². The van der Waals surface area contributed by atoms with Gasteiger partial charge in [0.05, 0.1) is 31.2 Å². The number of methoxy groups -OCH3 is 2. The highest BCUT2D eigenvalue weighted by atomic mass is 32.2. The molecule has 4 heterocycles. The first kappa shape index (κ1) is 25.2. The Morgan fingerprint density at radius 2 is 0.941 bits per heavy atom. The highest BCUT2D eigenvalue weighted by Gasteiger charge is 2.19. The van der Waals surface area contributed by atoms with Crippen LogP contribution in [0.2, 0.25) is 0 Å². The SMILES string of the molecule is COc1cc(/C=C/C2=CSC(=C3SC=CS3)S2)c(OC)cc1/C=C/C1=CSC(=C2SC=CS2)S1. The fourth-order valence-corrected chi connectivity index (χ4v) is 11.7. The van der Waals surface area contributed by atoms with Crippen molar-refractivity contribution in [3.8, 4) is 11.5 Å². The summed E-state index contributed by atoms with van der Waals surface area (Å²) in [5.74, 6) is 1.65. The predicted molar refractivity (Wildman–Crippen MR) is 167 cm³/mol. The first-order chi connectivity index (χ1) is 16.7. The first-order valence-corrected chi connectivity index (χ1v) is 16.8. The van der Waals surface area contributed by atoms with E-state index in [4.69, 9.17) is 9.47 Å². The normalized spacial score (nSPS) is 19.9. The molecule has 4 aliphatic rings. The van der Waals surface area contributed by atoms with Gasteiger partial charge in [0.25, 0.3) is 0 Å². The standard InChI is InChI=1S/C24H18O2S8/c1-25-19-11-16(4-6-18-14-32-24(34-18)22-29-9-10-30-22)20(26-2)12-15(19)3-5-17-13-31-23(33-17)21-27-7-8-28-21/h3-14H,1-2H3/b5-3+,6-4+. The second-order valence-corrected chi connectivity index (χ2v) is 15.3. The monoisotopic (exact) mass is 594 g/mol. The molecule has 0 saturated heterocycles. The molecular weight excluding hydrogens is 577 g/mol. The summed E-state index contributed by atoms with van der Waals surface area (Å²) < 4.78 is 16.9. The van der Waals surface area contributed by atoms with Crippen LogP contribution in [0.1, 0.15) is 11.1 Å². The lowest BCUT2D eigenvalue weighted by Crippen LogP contribution is -1.93. The van der Waals surface area contributed by atoms with Crippen LogP contribution in [0.15, 0.2) is 83.5 Å². The van der Waals surface area contributed by atoms with Crippen LogP contribution in [-0.4, -0.2) is 14.2 Å². The van der Waals surface area contributed by atoms with Gasteiger partial charge in [-0.2, -0.15) is 0 Å². The molecule has 2 nitrogen and oxygen atoms in total. The summed E-state index contributed by atoms with van der Waals surface area (Å²) in [5, 5.41) is 13.0. The van der Waals surface area contributed by atoms with E-state index in [1.165, 1.54) is 26.8 Å². The Hall–Kier alpha value is -0.460. The third-order valence-corrected chi connectivity index (χ3v) is 14.6. The molecule has 0 bridgehead atoms. The van der Waals surface area contributed by atoms with Crippen LogP contribution in [0, 0.1) is 0 Å². The van der Waals surface area contributed by atoms with Gasteiger partial charge in [0.2, 0.25) is 0 Å². The van der Waals surface area contributed by atoms with Crippen molar-refractivity contribution in [3.63, 3.8) is 0 Å². The minimum atomic E-state index is 0.827. The van der Waals surface area contributed by atoms with Crippen LogP contribution < -0.4 is 9.47 Å². The molecule has 0 unspecified atom stereocenters. The minimum Gasteiger partial charge on any atom is -0.496 e. The van der Waals surface area contributed by atoms with Gasteiger partial charge >= 0.3 is 0 Å². The van der Waals surface area contributed by atoms with Crippen LogP contribution in [0.4, 0.5) is 0 Å². The Labute approximate surface area is 234 Å². The molecule has 0 atom stereocenters. The lowest BCUT2D eigenvalue weighted by atomic mass is 10.1. The van der Waals surface area contributed by atoms with Gasteiger partial charge < -0.3 is 9.47 Å². The molecule has 0 radical (unpaired) electrons. The number of benzene rings is 1. The van der Waals surface area contributed by atoms with Crippen LogP contribution in [-0.2, 0) is 0 Å². The van der Waals surface area contributed by atoms with Crippen molar-refractivity contribution in [2.45, 2.75) is 0 Å². The zero-order chi connectivity index (χ0) is 23.3. The van der Waals surface area contributed by atoms with Gasteiger partial charge in [-0.05, 0) is 68.9 Å².